The monoisotopic (exact) mass is 296 g/mol. The lowest BCUT2D eigenvalue weighted by Crippen LogP contribution is -2.26. The molecular formula is C18H20N2O2. The summed E-state index contributed by atoms with van der Waals surface area (Å²) in [6.45, 7) is 4.03. The third-order valence-corrected chi connectivity index (χ3v) is 3.45. The summed E-state index contributed by atoms with van der Waals surface area (Å²) in [5, 5.41) is 2.69. The van der Waals surface area contributed by atoms with Crippen molar-refractivity contribution in [2.75, 3.05) is 12.4 Å². The fourth-order valence-electron chi connectivity index (χ4n) is 2.27. The van der Waals surface area contributed by atoms with E-state index in [1.54, 1.807) is 36.2 Å². The Hall–Kier alpha value is -2.62. The molecule has 22 heavy (non-hydrogen) atoms. The van der Waals surface area contributed by atoms with Crippen LogP contribution in [0.2, 0.25) is 0 Å². The maximum Gasteiger partial charge on any atom is 0.253 e. The van der Waals surface area contributed by atoms with E-state index >= 15 is 0 Å². The molecular weight excluding hydrogens is 276 g/mol. The van der Waals surface area contributed by atoms with Crippen molar-refractivity contribution < 1.29 is 9.59 Å². The fourth-order valence-corrected chi connectivity index (χ4v) is 2.27. The van der Waals surface area contributed by atoms with Gasteiger partial charge in [-0.25, -0.2) is 0 Å². The number of anilines is 1. The lowest BCUT2D eigenvalue weighted by molar-refractivity contribution is -0.114. The van der Waals surface area contributed by atoms with Gasteiger partial charge in [0.05, 0.1) is 0 Å². The Morgan fingerprint density at radius 3 is 2.50 bits per heavy atom. The van der Waals surface area contributed by atoms with Crippen LogP contribution in [0.1, 0.15) is 28.4 Å². The summed E-state index contributed by atoms with van der Waals surface area (Å²) >= 11 is 0. The summed E-state index contributed by atoms with van der Waals surface area (Å²) in [5.74, 6) is -0.228. The molecule has 0 saturated carbocycles. The number of hydrogen-bond donors (Lipinski definition) is 1. The molecule has 0 aliphatic heterocycles. The topological polar surface area (TPSA) is 49.4 Å². The summed E-state index contributed by atoms with van der Waals surface area (Å²) in [5.41, 5.74) is 3.47. The lowest BCUT2D eigenvalue weighted by Gasteiger charge is -2.19. The molecule has 4 nitrogen and oxygen atoms in total. The zero-order valence-electron chi connectivity index (χ0n) is 13.1. The second kappa shape index (κ2) is 6.89. The van der Waals surface area contributed by atoms with Crippen molar-refractivity contribution in [1.82, 2.24) is 4.90 Å². The molecule has 0 aliphatic rings. The summed E-state index contributed by atoms with van der Waals surface area (Å²) < 4.78 is 0. The van der Waals surface area contributed by atoms with Crippen LogP contribution in [0.15, 0.2) is 48.5 Å². The molecule has 0 radical (unpaired) electrons. The quantitative estimate of drug-likeness (QED) is 0.941. The highest BCUT2D eigenvalue weighted by molar-refractivity contribution is 5.96. The molecule has 0 bridgehead atoms. The summed E-state index contributed by atoms with van der Waals surface area (Å²) in [6.07, 6.45) is 0. The van der Waals surface area contributed by atoms with Gasteiger partial charge in [-0.3, -0.25) is 9.59 Å². The minimum absolute atomic E-state index is 0.0737. The van der Waals surface area contributed by atoms with E-state index in [-0.39, 0.29) is 11.8 Å². The number of hydrogen-bond acceptors (Lipinski definition) is 2. The van der Waals surface area contributed by atoms with Crippen molar-refractivity contribution in [2.24, 2.45) is 0 Å². The van der Waals surface area contributed by atoms with E-state index in [1.165, 1.54) is 6.92 Å². The Labute approximate surface area is 130 Å². The standard InChI is InChI=1S/C18H20N2O2/c1-13-7-4-5-8-16(13)12-20(3)18(22)15-9-6-10-17(11-15)19-14(2)21/h4-11H,12H2,1-3H3,(H,19,21). The van der Waals surface area contributed by atoms with Gasteiger partial charge in [0.2, 0.25) is 5.91 Å². The molecule has 2 rings (SSSR count). The molecule has 1 N–H and O–H groups in total. The van der Waals surface area contributed by atoms with E-state index in [4.69, 9.17) is 0 Å². The maximum absolute atomic E-state index is 12.5. The Morgan fingerprint density at radius 2 is 1.82 bits per heavy atom. The van der Waals surface area contributed by atoms with Crippen molar-refractivity contribution in [3.05, 3.63) is 65.2 Å². The number of rotatable bonds is 4. The molecule has 0 spiro atoms. The van der Waals surface area contributed by atoms with Crippen LogP contribution < -0.4 is 5.32 Å². The third kappa shape index (κ3) is 3.95. The van der Waals surface area contributed by atoms with E-state index in [0.717, 1.165) is 11.1 Å². The Bertz CT molecular complexity index is 695. The van der Waals surface area contributed by atoms with Gasteiger partial charge in [0.1, 0.15) is 0 Å². The minimum atomic E-state index is -0.155. The number of aryl methyl sites for hydroxylation is 1. The average molecular weight is 296 g/mol. The first kappa shape index (κ1) is 15.8. The second-order valence-corrected chi connectivity index (χ2v) is 5.35. The Morgan fingerprint density at radius 1 is 1.09 bits per heavy atom. The zero-order valence-corrected chi connectivity index (χ0v) is 13.1. The van der Waals surface area contributed by atoms with Gasteiger partial charge in [0.15, 0.2) is 0 Å². The van der Waals surface area contributed by atoms with Gasteiger partial charge in [0.25, 0.3) is 5.91 Å². The molecule has 0 unspecified atom stereocenters. The molecule has 4 heteroatoms. The molecule has 114 valence electrons. The highest BCUT2D eigenvalue weighted by atomic mass is 16.2. The van der Waals surface area contributed by atoms with Crippen molar-refractivity contribution in [1.29, 1.82) is 0 Å². The highest BCUT2D eigenvalue weighted by Gasteiger charge is 2.13. The molecule has 2 amide bonds. The SMILES string of the molecule is CC(=O)Nc1cccc(C(=O)N(C)Cc2ccccc2C)c1. The van der Waals surface area contributed by atoms with Crippen LogP contribution in [-0.4, -0.2) is 23.8 Å². The van der Waals surface area contributed by atoms with Gasteiger partial charge in [-0.2, -0.15) is 0 Å². The van der Waals surface area contributed by atoms with Gasteiger partial charge < -0.3 is 10.2 Å². The van der Waals surface area contributed by atoms with Gasteiger partial charge in [-0.15, -0.1) is 0 Å². The number of nitrogens with one attached hydrogen (secondary N) is 1. The van der Waals surface area contributed by atoms with E-state index in [9.17, 15) is 9.59 Å². The van der Waals surface area contributed by atoms with Crippen molar-refractivity contribution >= 4 is 17.5 Å². The summed E-state index contributed by atoms with van der Waals surface area (Å²) in [4.78, 5) is 25.3. The van der Waals surface area contributed by atoms with E-state index in [2.05, 4.69) is 5.32 Å². The number of benzene rings is 2. The smallest absolute Gasteiger partial charge is 0.253 e. The number of carbonyl (C=O) groups excluding carboxylic acids is 2. The predicted octanol–water partition coefficient (Wildman–Crippen LogP) is 3.23. The first-order valence-corrected chi connectivity index (χ1v) is 7.15. The molecule has 2 aromatic rings. The van der Waals surface area contributed by atoms with Gasteiger partial charge in [0, 0.05) is 31.8 Å². The molecule has 2 aromatic carbocycles. The van der Waals surface area contributed by atoms with Crippen LogP contribution in [-0.2, 0) is 11.3 Å². The van der Waals surface area contributed by atoms with Crippen molar-refractivity contribution in [2.45, 2.75) is 20.4 Å². The molecule has 0 saturated heterocycles. The molecule has 0 fully saturated rings. The predicted molar refractivity (Wildman–Crippen MR) is 87.7 cm³/mol. The molecule has 0 aliphatic carbocycles. The fraction of sp³-hybridized carbons (Fsp3) is 0.222. The van der Waals surface area contributed by atoms with E-state index in [1.807, 2.05) is 31.2 Å². The number of nitrogens with zero attached hydrogens (tertiary/aromatic N) is 1. The zero-order chi connectivity index (χ0) is 16.1. The molecule has 0 atom stereocenters. The van der Waals surface area contributed by atoms with Crippen LogP contribution >= 0.6 is 0 Å². The molecule has 0 heterocycles. The summed E-state index contributed by atoms with van der Waals surface area (Å²) in [7, 11) is 1.78. The van der Waals surface area contributed by atoms with E-state index in [0.29, 0.717) is 17.8 Å². The maximum atomic E-state index is 12.5. The number of carbonyl (C=O) groups is 2. The highest BCUT2D eigenvalue weighted by Crippen LogP contribution is 2.15. The van der Waals surface area contributed by atoms with Crippen molar-refractivity contribution in [3.8, 4) is 0 Å². The van der Waals surface area contributed by atoms with E-state index < -0.39 is 0 Å². The largest absolute Gasteiger partial charge is 0.337 e. The normalized spacial score (nSPS) is 10.1. The first-order valence-electron chi connectivity index (χ1n) is 7.15. The Kier molecular flexibility index (Phi) is 4.94. The minimum Gasteiger partial charge on any atom is -0.337 e. The van der Waals surface area contributed by atoms with Crippen LogP contribution in [0.4, 0.5) is 5.69 Å². The van der Waals surface area contributed by atoms with Crippen LogP contribution in [0.5, 0.6) is 0 Å². The van der Waals surface area contributed by atoms with Gasteiger partial charge in [-0.05, 0) is 36.2 Å². The lowest BCUT2D eigenvalue weighted by atomic mass is 10.1. The summed E-state index contributed by atoms with van der Waals surface area (Å²) in [6, 6.07) is 15.0. The van der Waals surface area contributed by atoms with Crippen LogP contribution in [0, 0.1) is 6.92 Å². The average Bonchev–Trinajstić information content (AvgIpc) is 2.48. The van der Waals surface area contributed by atoms with Gasteiger partial charge in [-0.1, -0.05) is 30.3 Å². The number of amides is 2. The Balaban J connectivity index is 2.13. The van der Waals surface area contributed by atoms with Crippen LogP contribution in [0.25, 0.3) is 0 Å². The molecule has 0 aromatic heterocycles. The van der Waals surface area contributed by atoms with Gasteiger partial charge >= 0.3 is 0 Å². The second-order valence-electron chi connectivity index (χ2n) is 5.35. The van der Waals surface area contributed by atoms with Crippen molar-refractivity contribution in [3.63, 3.8) is 0 Å². The first-order chi connectivity index (χ1) is 10.5. The third-order valence-electron chi connectivity index (χ3n) is 3.45. The van der Waals surface area contributed by atoms with Crippen LogP contribution in [0.3, 0.4) is 0 Å².